The highest BCUT2D eigenvalue weighted by atomic mass is 19.2. The first-order chi connectivity index (χ1) is 21.5. The van der Waals surface area contributed by atoms with E-state index in [1.54, 1.807) is 0 Å². The smallest absolute Gasteiger partial charge is 0.180 e. The molecule has 0 aliphatic heterocycles. The number of hydrogen-bond acceptors (Lipinski definition) is 4. The van der Waals surface area contributed by atoms with E-state index in [1.807, 2.05) is 0 Å². The Morgan fingerprint density at radius 2 is 0.891 bits per heavy atom. The van der Waals surface area contributed by atoms with Crippen LogP contribution in [-0.2, 0) is 0 Å². The summed E-state index contributed by atoms with van der Waals surface area (Å²) >= 11 is 0. The predicted molar refractivity (Wildman–Crippen MR) is 134 cm³/mol. The van der Waals surface area contributed by atoms with Crippen LogP contribution in [0.2, 0.25) is 0 Å². The molecule has 0 unspecified atom stereocenters. The van der Waals surface area contributed by atoms with Crippen molar-refractivity contribution in [2.24, 2.45) is 0 Å². The highest BCUT2D eigenvalue weighted by molar-refractivity contribution is 6.20. The lowest BCUT2D eigenvalue weighted by Crippen LogP contribution is -2.07. The summed E-state index contributed by atoms with van der Waals surface area (Å²) < 4.78 is 177. The maximum absolute atomic E-state index is 15.0. The molecule has 0 spiro atoms. The molecule has 1 fully saturated rings. The van der Waals surface area contributed by atoms with Gasteiger partial charge in [0.2, 0.25) is 0 Å². The van der Waals surface area contributed by atoms with E-state index in [4.69, 9.17) is 15.9 Å². The topological polar surface area (TPSA) is 95.2 Å². The van der Waals surface area contributed by atoms with Crippen LogP contribution in [0.1, 0.15) is 40.3 Å². The monoisotopic (exact) mass is 652 g/mol. The zero-order chi connectivity index (χ0) is 34.7. The maximum Gasteiger partial charge on any atom is 0.180 e. The molecule has 0 bridgehead atoms. The van der Waals surface area contributed by atoms with Crippen LogP contribution >= 0.6 is 0 Å². The van der Waals surface area contributed by atoms with Crippen LogP contribution < -0.4 is 0 Å². The lowest BCUT2D eigenvalue weighted by atomic mass is 9.99. The van der Waals surface area contributed by atoms with Crippen LogP contribution in [0.4, 0.5) is 52.7 Å². The molecule has 1 N–H and O–H groups in total. The van der Waals surface area contributed by atoms with Gasteiger partial charge >= 0.3 is 0 Å². The van der Waals surface area contributed by atoms with Crippen molar-refractivity contribution in [3.05, 3.63) is 120 Å². The first kappa shape index (κ1) is 33.1. The van der Waals surface area contributed by atoms with Crippen molar-refractivity contribution >= 4 is 22.9 Å². The molecule has 1 saturated carbocycles. The van der Waals surface area contributed by atoms with Gasteiger partial charge in [-0.15, -0.1) is 0 Å². The molecule has 1 aliphatic rings. The first-order valence-corrected chi connectivity index (χ1v) is 12.0. The average molecular weight is 652 g/mol. The minimum atomic E-state index is -2.39. The van der Waals surface area contributed by atoms with Gasteiger partial charge in [-0.1, -0.05) is 0 Å². The van der Waals surface area contributed by atoms with Gasteiger partial charge in [-0.25, -0.2) is 52.7 Å². The number of halogens is 12. The second-order valence-corrected chi connectivity index (χ2v) is 9.29. The van der Waals surface area contributed by atoms with Gasteiger partial charge in [0, 0.05) is 28.5 Å². The van der Waals surface area contributed by atoms with Crippen LogP contribution in [-0.4, -0.2) is 6.21 Å². The standard InChI is InChI=1S/C30H8F12N4/c1-7(14-25(37)21(33)11(5-45)22(34)26(14)38)13-15(9(3-43)17-27(39)19(31)8(2)20(32)28(17)40)16(13)10(4-44)18-29(41)23(35)12(6-46)24(36)30(18)42/h3,43H,1-2H3. The van der Waals surface area contributed by atoms with E-state index in [0.717, 1.165) is 18.2 Å². The summed E-state index contributed by atoms with van der Waals surface area (Å²) in [6.45, 7) is 1.24. The number of nitrogens with zero attached hydrogens (tertiary/aromatic N) is 3. The minimum absolute atomic E-state index is 0.0281. The summed E-state index contributed by atoms with van der Waals surface area (Å²) in [7, 11) is 0. The van der Waals surface area contributed by atoms with E-state index in [1.165, 1.54) is 0 Å². The highest BCUT2D eigenvalue weighted by Crippen LogP contribution is 2.57. The number of allylic oxidation sites excluding steroid dienone is 6. The van der Waals surface area contributed by atoms with Crippen LogP contribution in [0.5, 0.6) is 0 Å². The Morgan fingerprint density at radius 1 is 0.522 bits per heavy atom. The molecule has 4 rings (SSSR count). The SMILES string of the molecule is CC(=C1C(=C(C=N)c2c(F)c(F)c(C)c(F)c2F)C1=C(C#N)c1c(F)c(F)c(C#N)c(F)c1F)c1c(F)c(F)c(C#N)c(F)c1F. The van der Waals surface area contributed by atoms with Crippen LogP contribution in [0, 0.1) is 116 Å². The third-order valence-corrected chi connectivity index (χ3v) is 6.97. The van der Waals surface area contributed by atoms with Gasteiger partial charge in [0.1, 0.15) is 29.3 Å². The molecule has 0 amide bonds. The fourth-order valence-corrected chi connectivity index (χ4v) is 4.70. The lowest BCUT2D eigenvalue weighted by molar-refractivity contribution is 0.442. The van der Waals surface area contributed by atoms with E-state index in [-0.39, 0.29) is 6.21 Å². The Bertz CT molecular complexity index is 2100. The van der Waals surface area contributed by atoms with E-state index >= 15 is 26.3 Å². The molecule has 0 heterocycles. The van der Waals surface area contributed by atoms with Gasteiger partial charge < -0.3 is 5.41 Å². The van der Waals surface area contributed by atoms with Gasteiger partial charge in [0.05, 0.1) is 22.3 Å². The van der Waals surface area contributed by atoms with Gasteiger partial charge in [-0.2, -0.15) is 15.8 Å². The molecule has 3 aromatic carbocycles. The van der Waals surface area contributed by atoms with Crippen molar-refractivity contribution in [1.29, 1.82) is 21.2 Å². The van der Waals surface area contributed by atoms with E-state index in [9.17, 15) is 31.6 Å². The third kappa shape index (κ3) is 4.51. The number of rotatable bonds is 4. The Kier molecular flexibility index (Phi) is 8.34. The molecule has 0 radical (unpaired) electrons. The molecule has 1 aliphatic carbocycles. The molecular weight excluding hydrogens is 644 g/mol. The summed E-state index contributed by atoms with van der Waals surface area (Å²) in [6, 6.07) is 2.80. The van der Waals surface area contributed by atoms with Gasteiger partial charge in [-0.05, 0) is 25.0 Å². The quantitative estimate of drug-likeness (QED) is 0.133. The number of nitrogens with one attached hydrogen (secondary N) is 1. The van der Waals surface area contributed by atoms with Gasteiger partial charge in [0.15, 0.2) is 69.8 Å². The number of nitriles is 3. The second-order valence-electron chi connectivity index (χ2n) is 9.29. The van der Waals surface area contributed by atoms with Crippen molar-refractivity contribution in [3.8, 4) is 18.2 Å². The Labute approximate surface area is 249 Å². The van der Waals surface area contributed by atoms with Crippen molar-refractivity contribution in [2.75, 3.05) is 0 Å². The van der Waals surface area contributed by atoms with Crippen molar-refractivity contribution in [2.45, 2.75) is 13.8 Å². The fourth-order valence-electron chi connectivity index (χ4n) is 4.70. The average Bonchev–Trinajstić information content (AvgIpc) is 3.76. The van der Waals surface area contributed by atoms with Gasteiger partial charge in [-0.3, -0.25) is 0 Å². The van der Waals surface area contributed by atoms with Crippen LogP contribution in [0.15, 0.2) is 16.7 Å². The highest BCUT2D eigenvalue weighted by Gasteiger charge is 2.44. The van der Waals surface area contributed by atoms with Crippen molar-refractivity contribution in [3.63, 3.8) is 0 Å². The lowest BCUT2D eigenvalue weighted by Gasteiger charge is -2.10. The number of benzene rings is 3. The van der Waals surface area contributed by atoms with Crippen LogP contribution in [0.3, 0.4) is 0 Å². The molecule has 16 heteroatoms. The molecule has 232 valence electrons. The summed E-state index contributed by atoms with van der Waals surface area (Å²) in [5.41, 5.74) is -17.0. The summed E-state index contributed by atoms with van der Waals surface area (Å²) in [6.07, 6.45) is -0.0281. The Balaban J connectivity index is 2.32. The largest absolute Gasteiger partial charge is 0.308 e. The normalized spacial score (nSPS) is 15.5. The Hall–Kier alpha value is -5.82. The maximum atomic E-state index is 15.0. The molecule has 3 aromatic rings. The number of hydrogen-bond donors (Lipinski definition) is 1. The zero-order valence-electron chi connectivity index (χ0n) is 22.5. The van der Waals surface area contributed by atoms with E-state index < -0.39 is 137 Å². The van der Waals surface area contributed by atoms with Crippen molar-refractivity contribution in [1.82, 2.24) is 0 Å². The summed E-state index contributed by atoms with van der Waals surface area (Å²) in [5.74, 6) is -26.9. The zero-order valence-corrected chi connectivity index (χ0v) is 22.5. The predicted octanol–water partition coefficient (Wildman–Crippen LogP) is 8.28. The molecule has 46 heavy (non-hydrogen) atoms. The summed E-state index contributed by atoms with van der Waals surface area (Å²) in [5, 5.41) is 35.2. The molecule has 0 saturated heterocycles. The van der Waals surface area contributed by atoms with E-state index in [2.05, 4.69) is 0 Å². The molecule has 4 nitrogen and oxygen atoms in total. The fraction of sp³-hybridized carbons (Fsp3) is 0.0667. The Morgan fingerprint density at radius 3 is 1.24 bits per heavy atom. The third-order valence-electron chi connectivity index (χ3n) is 6.97. The van der Waals surface area contributed by atoms with Crippen molar-refractivity contribution < 1.29 is 52.7 Å². The van der Waals surface area contributed by atoms with Gasteiger partial charge in [0.25, 0.3) is 0 Å². The molecule has 0 aromatic heterocycles. The van der Waals surface area contributed by atoms with E-state index in [0.29, 0.717) is 13.8 Å². The molecule has 0 atom stereocenters. The minimum Gasteiger partial charge on any atom is -0.308 e. The van der Waals surface area contributed by atoms with Crippen LogP contribution in [0.25, 0.3) is 16.7 Å². The molecular formula is C30H8F12N4. The summed E-state index contributed by atoms with van der Waals surface area (Å²) in [4.78, 5) is 0. The first-order valence-electron chi connectivity index (χ1n) is 12.0. The second kappa shape index (κ2) is 11.6.